The number of nitrogens with two attached hydrogens (primary N) is 1. The van der Waals surface area contributed by atoms with Crippen LogP contribution in [-0.4, -0.2) is 27.9 Å². The van der Waals surface area contributed by atoms with Gasteiger partial charge in [0.05, 0.1) is 16.3 Å². The van der Waals surface area contributed by atoms with Gasteiger partial charge in [0.25, 0.3) is 21.8 Å². The predicted octanol–water partition coefficient (Wildman–Crippen LogP) is 5.07. The number of phenols is 1. The van der Waals surface area contributed by atoms with Gasteiger partial charge >= 0.3 is 0 Å². The molecule has 0 amide bonds. The molecule has 5 aromatic rings. The van der Waals surface area contributed by atoms with Crippen LogP contribution in [0.1, 0.15) is 22.8 Å². The summed E-state index contributed by atoms with van der Waals surface area (Å²) < 4.78 is 34.4. The molecular formula is C28H29N6O4S+. The lowest BCUT2D eigenvalue weighted by atomic mass is 10.1. The van der Waals surface area contributed by atoms with Gasteiger partial charge in [-0.3, -0.25) is 10.4 Å². The third kappa shape index (κ3) is 6.64. The Morgan fingerprint density at radius 3 is 2.10 bits per heavy atom. The summed E-state index contributed by atoms with van der Waals surface area (Å²) in [5, 5.41) is 23.8. The molecule has 0 saturated heterocycles. The van der Waals surface area contributed by atoms with E-state index >= 15 is 0 Å². The summed E-state index contributed by atoms with van der Waals surface area (Å²) in [5.41, 5.74) is 3.52. The molecule has 0 unspecified atom stereocenters. The number of phenolic OH excluding ortho intramolecular Hbond substituents is 1. The molecule has 4 N–H and O–H groups in total. The molecule has 0 aliphatic carbocycles. The van der Waals surface area contributed by atoms with Gasteiger partial charge in [0.1, 0.15) is 12.3 Å². The Morgan fingerprint density at radius 2 is 1.51 bits per heavy atom. The van der Waals surface area contributed by atoms with Gasteiger partial charge in [0.2, 0.25) is 0 Å². The summed E-state index contributed by atoms with van der Waals surface area (Å²) in [6.07, 6.45) is 0. The van der Waals surface area contributed by atoms with Crippen molar-refractivity contribution in [3.8, 4) is 5.75 Å². The van der Waals surface area contributed by atoms with Gasteiger partial charge in [-0.15, -0.1) is 14.5 Å². The molecule has 0 radical (unpaired) electrons. The fourth-order valence-electron chi connectivity index (χ4n) is 3.82. The van der Waals surface area contributed by atoms with Crippen LogP contribution in [0.3, 0.4) is 0 Å². The highest BCUT2D eigenvalue weighted by molar-refractivity contribution is 7.85. The van der Waals surface area contributed by atoms with Crippen molar-refractivity contribution in [2.24, 2.45) is 10.2 Å². The van der Waals surface area contributed by atoms with Gasteiger partial charge in [-0.1, -0.05) is 54.1 Å². The zero-order valence-corrected chi connectivity index (χ0v) is 22.5. The molecule has 11 heteroatoms. The fourth-order valence-corrected chi connectivity index (χ4v) is 4.30. The Balaban J connectivity index is 0.000000193. The molecule has 0 spiro atoms. The minimum absolute atomic E-state index is 0.164. The van der Waals surface area contributed by atoms with Crippen molar-refractivity contribution in [2.45, 2.75) is 32.2 Å². The van der Waals surface area contributed by atoms with Gasteiger partial charge in [-0.05, 0) is 48.9 Å². The number of aryl methyl sites for hydroxylation is 2. The van der Waals surface area contributed by atoms with Crippen LogP contribution in [0.5, 0.6) is 5.75 Å². The van der Waals surface area contributed by atoms with E-state index in [0.29, 0.717) is 16.8 Å². The third-order valence-corrected chi connectivity index (χ3v) is 6.94. The second-order valence-corrected chi connectivity index (χ2v) is 10.3. The monoisotopic (exact) mass is 545 g/mol. The number of rotatable bonds is 5. The van der Waals surface area contributed by atoms with Crippen molar-refractivity contribution in [1.82, 2.24) is 9.78 Å². The van der Waals surface area contributed by atoms with Crippen LogP contribution in [0, 0.1) is 20.8 Å². The zero-order valence-electron chi connectivity index (χ0n) is 21.7. The molecule has 0 bridgehead atoms. The number of aromatic nitrogens is 3. The van der Waals surface area contributed by atoms with E-state index in [1.165, 1.54) is 41.5 Å². The van der Waals surface area contributed by atoms with E-state index in [2.05, 4.69) is 46.5 Å². The van der Waals surface area contributed by atoms with Crippen LogP contribution in [-0.2, 0) is 16.7 Å². The van der Waals surface area contributed by atoms with Crippen LogP contribution in [0.2, 0.25) is 0 Å². The highest BCUT2D eigenvalue weighted by Crippen LogP contribution is 2.33. The minimum atomic E-state index is -4.22. The van der Waals surface area contributed by atoms with Crippen LogP contribution in [0.15, 0.2) is 100 Å². The maximum absolute atomic E-state index is 11.0. The normalized spacial score (nSPS) is 11.5. The van der Waals surface area contributed by atoms with E-state index < -0.39 is 10.1 Å². The largest absolute Gasteiger partial charge is 0.507 e. The Hall–Kier alpha value is -4.61. The Morgan fingerprint density at radius 1 is 0.872 bits per heavy atom. The van der Waals surface area contributed by atoms with Gasteiger partial charge in [-0.25, -0.2) is 0 Å². The van der Waals surface area contributed by atoms with Crippen LogP contribution < -0.4 is 10.5 Å². The molecule has 4 aromatic carbocycles. The third-order valence-electron chi connectivity index (χ3n) is 6.08. The lowest BCUT2D eigenvalue weighted by Gasteiger charge is -2.03. The van der Waals surface area contributed by atoms with Crippen LogP contribution >= 0.6 is 0 Å². The van der Waals surface area contributed by atoms with E-state index in [1.807, 2.05) is 36.7 Å². The maximum atomic E-state index is 11.0. The lowest BCUT2D eigenvalue weighted by Crippen LogP contribution is -2.48. The maximum Gasteiger partial charge on any atom is 0.295 e. The summed E-state index contributed by atoms with van der Waals surface area (Å²) in [6.45, 7) is 6.71. The van der Waals surface area contributed by atoms with Crippen molar-refractivity contribution in [1.29, 1.82) is 0 Å². The molecule has 0 fully saturated rings. The highest BCUT2D eigenvalue weighted by Gasteiger charge is 2.17. The molecule has 200 valence electrons. The molecule has 39 heavy (non-hydrogen) atoms. The molecule has 1 heterocycles. The average molecular weight is 546 g/mol. The number of hydrogen-bond donors (Lipinski definition) is 3. The number of hydrogen-bond acceptors (Lipinski definition) is 7. The van der Waals surface area contributed by atoms with Crippen molar-refractivity contribution in [2.75, 3.05) is 5.84 Å². The number of benzene rings is 4. The summed E-state index contributed by atoms with van der Waals surface area (Å²) in [5.74, 6) is 7.76. The number of azo groups is 1. The van der Waals surface area contributed by atoms with Crippen molar-refractivity contribution >= 4 is 32.3 Å². The lowest BCUT2D eigenvalue weighted by molar-refractivity contribution is -0.652. The Bertz CT molecular complexity index is 1750. The quantitative estimate of drug-likeness (QED) is 0.122. The Labute approximate surface area is 226 Å². The number of aromatic hydroxyl groups is 1. The van der Waals surface area contributed by atoms with E-state index in [1.54, 1.807) is 16.8 Å². The summed E-state index contributed by atoms with van der Waals surface area (Å²) in [6, 6.07) is 24.3. The van der Waals surface area contributed by atoms with Crippen LogP contribution in [0.25, 0.3) is 10.8 Å². The van der Waals surface area contributed by atoms with E-state index in [9.17, 15) is 13.5 Å². The van der Waals surface area contributed by atoms with Crippen molar-refractivity contribution < 1.29 is 22.8 Å². The number of nitrogens with zero attached hydrogens (tertiary/aromatic N) is 5. The topological polar surface area (TPSA) is 147 Å². The number of nitrogen functional groups attached to an aromatic ring is 1. The molecule has 0 aliphatic rings. The Kier molecular flexibility index (Phi) is 8.03. The van der Waals surface area contributed by atoms with Crippen molar-refractivity contribution in [3.63, 3.8) is 0 Å². The number of fused-ring (bicyclic) bond motifs is 1. The molecule has 0 atom stereocenters. The standard InChI is InChI=1S/C16H12N2O4S.C12H17N4/c19-16-10-9-15(13-3-1-2-4-14(13)16)18-17-11-5-7-12(8-6-11)23(20,21)22;1-9-4-6-12(7-5-9)8-15-11(3)16(13)10(2)14-15/h1-10,19H,(H,20,21,22);4-7H,8,13H2,1-3H3/q;+1. The van der Waals surface area contributed by atoms with E-state index in [4.69, 9.17) is 10.4 Å². The smallest absolute Gasteiger partial charge is 0.295 e. The summed E-state index contributed by atoms with van der Waals surface area (Å²) >= 11 is 0. The molecule has 10 nitrogen and oxygen atoms in total. The van der Waals surface area contributed by atoms with Gasteiger partial charge < -0.3 is 5.11 Å². The zero-order chi connectivity index (χ0) is 28.2. The molecule has 0 aliphatic heterocycles. The second kappa shape index (κ2) is 11.4. The first-order valence-corrected chi connectivity index (χ1v) is 13.4. The summed E-state index contributed by atoms with van der Waals surface area (Å²) in [4.78, 5) is -0.202. The molecule has 0 saturated carbocycles. The first kappa shape index (κ1) is 27.4. The summed E-state index contributed by atoms with van der Waals surface area (Å²) in [7, 11) is -4.22. The molecule has 5 rings (SSSR count). The van der Waals surface area contributed by atoms with Gasteiger partial charge in [-0.2, -0.15) is 13.5 Å². The molecular weight excluding hydrogens is 516 g/mol. The predicted molar refractivity (Wildman–Crippen MR) is 148 cm³/mol. The first-order chi connectivity index (χ1) is 18.5. The SMILES string of the molecule is Cc1ccc(Cn2nc(C)[n+](N)c2C)cc1.O=S(=O)(O)c1ccc(N=Nc2ccc(O)c3ccccc23)cc1. The molecule has 1 aromatic heterocycles. The van der Waals surface area contributed by atoms with Crippen molar-refractivity contribution in [3.05, 3.63) is 108 Å². The van der Waals surface area contributed by atoms with Gasteiger partial charge in [0.15, 0.2) is 0 Å². The first-order valence-electron chi connectivity index (χ1n) is 12.0. The fraction of sp³-hybridized carbons (Fsp3) is 0.143. The van der Waals surface area contributed by atoms with Crippen LogP contribution in [0.4, 0.5) is 11.4 Å². The van der Waals surface area contributed by atoms with Gasteiger partial charge in [0, 0.05) is 29.7 Å². The van der Waals surface area contributed by atoms with E-state index in [-0.39, 0.29) is 10.6 Å². The second-order valence-electron chi connectivity index (χ2n) is 8.93. The average Bonchev–Trinajstić information content (AvgIpc) is 3.16. The van der Waals surface area contributed by atoms with E-state index in [0.717, 1.165) is 23.6 Å². The highest BCUT2D eigenvalue weighted by atomic mass is 32.2. The minimum Gasteiger partial charge on any atom is -0.507 e.